The molecule has 0 atom stereocenters. The van der Waals surface area contributed by atoms with Gasteiger partial charge in [-0.15, -0.1) is 0 Å². The van der Waals surface area contributed by atoms with Gasteiger partial charge in [-0.1, -0.05) is 6.07 Å². The summed E-state index contributed by atoms with van der Waals surface area (Å²) in [5.74, 6) is -3.00. The van der Waals surface area contributed by atoms with Gasteiger partial charge in [-0.3, -0.25) is 9.52 Å². The molecule has 0 fully saturated rings. The van der Waals surface area contributed by atoms with Crippen LogP contribution in [0.5, 0.6) is 0 Å². The van der Waals surface area contributed by atoms with Crippen LogP contribution in [0.2, 0.25) is 0 Å². The van der Waals surface area contributed by atoms with Crippen LogP contribution in [0.25, 0.3) is 0 Å². The van der Waals surface area contributed by atoms with Crippen molar-refractivity contribution >= 4 is 27.3 Å². The summed E-state index contributed by atoms with van der Waals surface area (Å²) in [7, 11) is -4.07. The van der Waals surface area contributed by atoms with Crippen LogP contribution in [-0.2, 0) is 32.8 Å². The van der Waals surface area contributed by atoms with E-state index in [4.69, 9.17) is 4.74 Å². The minimum absolute atomic E-state index is 0.0461. The van der Waals surface area contributed by atoms with E-state index in [1.54, 1.807) is 6.07 Å². The minimum Gasteiger partial charge on any atom is -0.372 e. The van der Waals surface area contributed by atoms with Gasteiger partial charge in [0, 0.05) is 19.1 Å². The summed E-state index contributed by atoms with van der Waals surface area (Å²) in [6.45, 7) is 1.89. The van der Waals surface area contributed by atoms with Crippen LogP contribution in [0.4, 0.5) is 20.2 Å². The molecule has 6 nitrogen and oxygen atoms in total. The number of hydrogen-bond donors (Lipinski definition) is 2. The van der Waals surface area contributed by atoms with Crippen LogP contribution in [0.15, 0.2) is 35.2 Å². The highest BCUT2D eigenvalue weighted by molar-refractivity contribution is 7.92. The Labute approximate surface area is 142 Å². The number of benzene rings is 2. The van der Waals surface area contributed by atoms with Crippen LogP contribution in [0.1, 0.15) is 18.1 Å². The maximum absolute atomic E-state index is 13.5. The van der Waals surface area contributed by atoms with E-state index < -0.39 is 27.6 Å². The van der Waals surface area contributed by atoms with E-state index in [-0.39, 0.29) is 16.3 Å². The number of fused-ring (bicyclic) bond motifs is 1. The van der Waals surface area contributed by atoms with Crippen molar-refractivity contribution < 1.29 is 26.7 Å². The van der Waals surface area contributed by atoms with Crippen LogP contribution < -0.4 is 10.0 Å². The standard InChI is InChI=1S/C16H14F2N2O4S/c1-9(21)19-15-5-13(17)14(18)6-16(15)20-25(22,23)12-3-2-10-7-24-8-11(10)4-12/h2-6,20H,7-8H2,1H3,(H,19,21). The molecular weight excluding hydrogens is 354 g/mol. The maximum atomic E-state index is 13.5. The first-order valence-electron chi connectivity index (χ1n) is 7.25. The molecular formula is C16H14F2N2O4S. The molecule has 1 aliphatic heterocycles. The van der Waals surface area contributed by atoms with Crippen molar-refractivity contribution in [2.75, 3.05) is 10.0 Å². The first-order valence-corrected chi connectivity index (χ1v) is 8.73. The van der Waals surface area contributed by atoms with E-state index in [0.29, 0.717) is 25.3 Å². The number of hydrogen-bond acceptors (Lipinski definition) is 4. The molecule has 0 bridgehead atoms. The van der Waals surface area contributed by atoms with Crippen LogP contribution in [-0.4, -0.2) is 14.3 Å². The summed E-state index contributed by atoms with van der Waals surface area (Å²) in [6.07, 6.45) is 0. The molecule has 0 spiro atoms. The van der Waals surface area contributed by atoms with E-state index >= 15 is 0 Å². The van der Waals surface area contributed by atoms with Gasteiger partial charge in [0.05, 0.1) is 29.5 Å². The van der Waals surface area contributed by atoms with E-state index in [2.05, 4.69) is 10.0 Å². The van der Waals surface area contributed by atoms with Gasteiger partial charge in [-0.25, -0.2) is 17.2 Å². The van der Waals surface area contributed by atoms with Gasteiger partial charge in [0.15, 0.2) is 11.6 Å². The zero-order valence-electron chi connectivity index (χ0n) is 13.1. The van der Waals surface area contributed by atoms with Crippen molar-refractivity contribution in [3.63, 3.8) is 0 Å². The number of sulfonamides is 1. The Hall–Kier alpha value is -2.52. The number of carbonyl (C=O) groups excluding carboxylic acids is 1. The number of carbonyl (C=O) groups is 1. The van der Waals surface area contributed by atoms with Gasteiger partial charge in [-0.2, -0.15) is 0 Å². The highest BCUT2D eigenvalue weighted by Crippen LogP contribution is 2.29. The molecule has 0 radical (unpaired) electrons. The Kier molecular flexibility index (Phi) is 4.44. The lowest BCUT2D eigenvalue weighted by Gasteiger charge is -2.14. The lowest BCUT2D eigenvalue weighted by molar-refractivity contribution is -0.114. The summed E-state index contributed by atoms with van der Waals surface area (Å²) in [5.41, 5.74) is 1.19. The minimum atomic E-state index is -4.07. The number of halogens is 2. The zero-order chi connectivity index (χ0) is 18.2. The molecule has 1 amide bonds. The fourth-order valence-electron chi connectivity index (χ4n) is 2.44. The van der Waals surface area contributed by atoms with Gasteiger partial charge in [0.1, 0.15) is 0 Å². The molecule has 1 heterocycles. The Morgan fingerprint density at radius 3 is 2.36 bits per heavy atom. The summed E-state index contributed by atoms with van der Waals surface area (Å²) >= 11 is 0. The first-order chi connectivity index (χ1) is 11.8. The third kappa shape index (κ3) is 3.62. The largest absolute Gasteiger partial charge is 0.372 e. The third-order valence-electron chi connectivity index (χ3n) is 3.62. The molecule has 132 valence electrons. The van der Waals surface area contributed by atoms with E-state index in [1.807, 2.05) is 0 Å². The van der Waals surface area contributed by atoms with E-state index in [9.17, 15) is 22.0 Å². The fourth-order valence-corrected chi connectivity index (χ4v) is 3.56. The number of amides is 1. The van der Waals surface area contributed by atoms with Crippen LogP contribution in [0, 0.1) is 11.6 Å². The second kappa shape index (κ2) is 6.41. The van der Waals surface area contributed by atoms with Crippen molar-refractivity contribution in [2.45, 2.75) is 25.0 Å². The number of nitrogens with one attached hydrogen (secondary N) is 2. The summed E-state index contributed by atoms with van der Waals surface area (Å²) in [4.78, 5) is 11.2. The Balaban J connectivity index is 1.98. The number of rotatable bonds is 4. The molecule has 0 saturated heterocycles. The molecule has 0 saturated carbocycles. The molecule has 0 unspecified atom stereocenters. The third-order valence-corrected chi connectivity index (χ3v) is 4.98. The Morgan fingerprint density at radius 2 is 1.68 bits per heavy atom. The molecule has 9 heteroatoms. The highest BCUT2D eigenvalue weighted by Gasteiger charge is 2.21. The first kappa shape index (κ1) is 17.3. The van der Waals surface area contributed by atoms with E-state index in [0.717, 1.165) is 11.1 Å². The maximum Gasteiger partial charge on any atom is 0.261 e. The second-order valence-electron chi connectivity index (χ2n) is 5.52. The Morgan fingerprint density at radius 1 is 1.04 bits per heavy atom. The van der Waals surface area contributed by atoms with Crippen molar-refractivity contribution in [3.8, 4) is 0 Å². The molecule has 0 aromatic heterocycles. The predicted octanol–water partition coefficient (Wildman–Crippen LogP) is 2.75. The van der Waals surface area contributed by atoms with Crippen LogP contribution in [0.3, 0.4) is 0 Å². The normalized spacial score (nSPS) is 13.4. The van der Waals surface area contributed by atoms with Crippen molar-refractivity contribution in [3.05, 3.63) is 53.1 Å². The zero-order valence-corrected chi connectivity index (χ0v) is 13.9. The topological polar surface area (TPSA) is 84.5 Å². The average molecular weight is 368 g/mol. The molecule has 25 heavy (non-hydrogen) atoms. The molecule has 0 aliphatic carbocycles. The van der Waals surface area contributed by atoms with Crippen molar-refractivity contribution in [1.82, 2.24) is 0 Å². The fraction of sp³-hybridized carbons (Fsp3) is 0.188. The second-order valence-corrected chi connectivity index (χ2v) is 7.20. The summed E-state index contributed by atoms with van der Waals surface area (Å²) < 4.78 is 59.4. The number of anilines is 2. The van der Waals surface area contributed by atoms with Crippen molar-refractivity contribution in [1.29, 1.82) is 0 Å². The van der Waals surface area contributed by atoms with Gasteiger partial charge in [0.25, 0.3) is 10.0 Å². The monoisotopic (exact) mass is 368 g/mol. The summed E-state index contributed by atoms with van der Waals surface area (Å²) in [5, 5.41) is 2.26. The smallest absolute Gasteiger partial charge is 0.261 e. The highest BCUT2D eigenvalue weighted by atomic mass is 32.2. The molecule has 1 aliphatic rings. The lowest BCUT2D eigenvalue weighted by atomic mass is 10.1. The molecule has 2 aromatic carbocycles. The van der Waals surface area contributed by atoms with Gasteiger partial charge >= 0.3 is 0 Å². The van der Waals surface area contributed by atoms with E-state index in [1.165, 1.54) is 19.1 Å². The van der Waals surface area contributed by atoms with Gasteiger partial charge in [-0.05, 0) is 23.3 Å². The van der Waals surface area contributed by atoms with Crippen molar-refractivity contribution in [2.24, 2.45) is 0 Å². The number of ether oxygens (including phenoxy) is 1. The molecule has 3 rings (SSSR count). The lowest BCUT2D eigenvalue weighted by Crippen LogP contribution is -2.16. The van der Waals surface area contributed by atoms with Gasteiger partial charge in [0.2, 0.25) is 5.91 Å². The molecule has 2 aromatic rings. The van der Waals surface area contributed by atoms with Gasteiger partial charge < -0.3 is 10.1 Å². The predicted molar refractivity (Wildman–Crippen MR) is 86.4 cm³/mol. The SMILES string of the molecule is CC(=O)Nc1cc(F)c(F)cc1NS(=O)(=O)c1ccc2c(c1)COC2. The molecule has 2 N–H and O–H groups in total. The quantitative estimate of drug-likeness (QED) is 0.869. The Bertz CT molecular complexity index is 961. The average Bonchev–Trinajstić information content (AvgIpc) is 2.99. The summed E-state index contributed by atoms with van der Waals surface area (Å²) in [6, 6.07) is 5.88. The van der Waals surface area contributed by atoms with Crippen LogP contribution >= 0.6 is 0 Å².